The standard InChI is InChI=1S/C28H20NO.C11H8N.Ir/c1-17(2)23-16-19(15-18-9-3-4-10-20(18)23)27-28-26(21-11-5-7-13-24(21)29-27)22-12-6-8-14-25(22)30-28;1-2-6-10(7-3-1)11-8-4-5-9-12-11;/h3-14,16-17H,1-2H3;1-6,8-9H;/q2*-1;. The van der Waals surface area contributed by atoms with Crippen molar-refractivity contribution in [2.45, 2.75) is 19.8 Å². The number of nitrogens with zero attached hydrogens (tertiary/aromatic N) is 2. The minimum atomic E-state index is 0. The molecule has 0 aliphatic heterocycles. The molecule has 0 unspecified atom stereocenters. The van der Waals surface area contributed by atoms with Gasteiger partial charge in [0.05, 0.1) is 5.52 Å². The van der Waals surface area contributed by atoms with Crippen LogP contribution >= 0.6 is 0 Å². The summed E-state index contributed by atoms with van der Waals surface area (Å²) in [5, 5.41) is 5.72. The van der Waals surface area contributed by atoms with Crippen LogP contribution in [0, 0.1) is 12.1 Å². The molecule has 0 saturated heterocycles. The second kappa shape index (κ2) is 12.3. The molecule has 3 nitrogen and oxygen atoms in total. The predicted octanol–water partition coefficient (Wildman–Crippen LogP) is 10.4. The molecular formula is C39H28IrN2O-2. The van der Waals surface area contributed by atoms with Crippen LogP contribution in [-0.4, -0.2) is 9.97 Å². The Kier molecular flexibility index (Phi) is 8.15. The molecule has 43 heavy (non-hydrogen) atoms. The van der Waals surface area contributed by atoms with Gasteiger partial charge in [-0.25, -0.2) is 0 Å². The fraction of sp³-hybridized carbons (Fsp3) is 0.0769. The Bertz CT molecular complexity index is 2130. The molecule has 0 fully saturated rings. The van der Waals surface area contributed by atoms with Crippen molar-refractivity contribution in [1.82, 2.24) is 9.97 Å². The molecule has 8 aromatic rings. The summed E-state index contributed by atoms with van der Waals surface area (Å²) in [6, 6.07) is 47.6. The van der Waals surface area contributed by atoms with Crippen LogP contribution in [0.1, 0.15) is 25.3 Å². The van der Waals surface area contributed by atoms with Crippen molar-refractivity contribution in [2.75, 3.05) is 0 Å². The Hall–Kier alpha value is -4.63. The van der Waals surface area contributed by atoms with Crippen molar-refractivity contribution in [3.05, 3.63) is 145 Å². The van der Waals surface area contributed by atoms with Crippen LogP contribution in [-0.2, 0) is 20.1 Å². The van der Waals surface area contributed by atoms with Crippen LogP contribution in [0.4, 0.5) is 0 Å². The third-order valence-electron chi connectivity index (χ3n) is 7.55. The maximum absolute atomic E-state index is 6.38. The second-order valence-electron chi connectivity index (χ2n) is 10.6. The summed E-state index contributed by atoms with van der Waals surface area (Å²) in [6.45, 7) is 4.46. The van der Waals surface area contributed by atoms with E-state index in [1.54, 1.807) is 6.20 Å². The van der Waals surface area contributed by atoms with Crippen LogP contribution in [0.15, 0.2) is 132 Å². The monoisotopic (exact) mass is 733 g/mol. The minimum Gasteiger partial charge on any atom is -0.462 e. The average molecular weight is 733 g/mol. The molecule has 0 spiro atoms. The maximum Gasteiger partial charge on any atom is 0.134 e. The van der Waals surface area contributed by atoms with Crippen LogP contribution in [0.2, 0.25) is 0 Å². The molecule has 4 heteroatoms. The number of hydrogen-bond donors (Lipinski definition) is 0. The van der Waals surface area contributed by atoms with E-state index in [1.165, 1.54) is 10.9 Å². The number of aromatic nitrogens is 2. The zero-order valence-electron chi connectivity index (χ0n) is 23.8. The van der Waals surface area contributed by atoms with E-state index in [0.29, 0.717) is 5.92 Å². The first-order chi connectivity index (χ1) is 20.7. The summed E-state index contributed by atoms with van der Waals surface area (Å²) < 4.78 is 6.38. The van der Waals surface area contributed by atoms with E-state index >= 15 is 0 Å². The maximum atomic E-state index is 6.38. The molecule has 0 amide bonds. The summed E-state index contributed by atoms with van der Waals surface area (Å²) in [7, 11) is 0. The van der Waals surface area contributed by atoms with Gasteiger partial charge in [0, 0.05) is 48.2 Å². The summed E-state index contributed by atoms with van der Waals surface area (Å²) in [5.74, 6) is 0.398. The van der Waals surface area contributed by atoms with Gasteiger partial charge in [0.15, 0.2) is 0 Å². The number of benzene rings is 5. The first-order valence-electron chi connectivity index (χ1n) is 14.2. The predicted molar refractivity (Wildman–Crippen MR) is 173 cm³/mol. The zero-order chi connectivity index (χ0) is 28.5. The van der Waals surface area contributed by atoms with Gasteiger partial charge in [-0.1, -0.05) is 91.5 Å². The quantitative estimate of drug-likeness (QED) is 0.170. The smallest absolute Gasteiger partial charge is 0.134 e. The SMILES string of the molecule is CC(C)c1cc(-c2nc3ccccc3c3c2oc2ccccc23)[c-]c2ccccc12.[Ir].[c-]1ccccc1-c1ccccn1. The van der Waals surface area contributed by atoms with Crippen LogP contribution in [0.25, 0.3) is 66.1 Å². The van der Waals surface area contributed by atoms with Gasteiger partial charge < -0.3 is 9.40 Å². The Morgan fingerprint density at radius 2 is 1.42 bits per heavy atom. The van der Waals surface area contributed by atoms with Gasteiger partial charge in [-0.3, -0.25) is 4.98 Å². The largest absolute Gasteiger partial charge is 0.462 e. The zero-order valence-corrected chi connectivity index (χ0v) is 26.2. The van der Waals surface area contributed by atoms with E-state index < -0.39 is 0 Å². The molecule has 3 aromatic heterocycles. The Balaban J connectivity index is 0.000000213. The number of furan rings is 1. The van der Waals surface area contributed by atoms with E-state index in [-0.39, 0.29) is 20.1 Å². The number of pyridine rings is 2. The molecule has 0 aliphatic carbocycles. The average Bonchev–Trinajstić information content (AvgIpc) is 3.45. The van der Waals surface area contributed by atoms with Gasteiger partial charge in [-0.05, 0) is 29.8 Å². The Morgan fingerprint density at radius 3 is 2.19 bits per heavy atom. The van der Waals surface area contributed by atoms with Gasteiger partial charge in [-0.15, -0.1) is 65.0 Å². The fourth-order valence-corrected chi connectivity index (χ4v) is 5.55. The summed E-state index contributed by atoms with van der Waals surface area (Å²) in [5.41, 5.74) is 7.83. The van der Waals surface area contributed by atoms with Crippen LogP contribution in [0.3, 0.4) is 0 Å². The van der Waals surface area contributed by atoms with Crippen LogP contribution in [0.5, 0.6) is 0 Å². The molecule has 8 rings (SSSR count). The van der Waals surface area contributed by atoms with E-state index in [1.807, 2.05) is 60.7 Å². The number of rotatable bonds is 3. The molecule has 0 N–H and O–H groups in total. The molecule has 0 saturated carbocycles. The minimum absolute atomic E-state index is 0. The molecule has 0 aliphatic rings. The fourth-order valence-electron chi connectivity index (χ4n) is 5.55. The summed E-state index contributed by atoms with van der Waals surface area (Å²) in [4.78, 5) is 9.27. The number of hydrogen-bond acceptors (Lipinski definition) is 3. The first kappa shape index (κ1) is 28.5. The Morgan fingerprint density at radius 1 is 0.698 bits per heavy atom. The van der Waals surface area contributed by atoms with Gasteiger partial charge in [0.2, 0.25) is 0 Å². The van der Waals surface area contributed by atoms with Gasteiger partial charge in [0.1, 0.15) is 11.2 Å². The topological polar surface area (TPSA) is 38.9 Å². The van der Waals surface area contributed by atoms with E-state index in [9.17, 15) is 0 Å². The first-order valence-corrected chi connectivity index (χ1v) is 14.2. The molecule has 211 valence electrons. The third-order valence-corrected chi connectivity index (χ3v) is 7.55. The van der Waals surface area contributed by atoms with Crippen molar-refractivity contribution in [3.8, 4) is 22.5 Å². The summed E-state index contributed by atoms with van der Waals surface area (Å²) >= 11 is 0. The van der Waals surface area contributed by atoms with E-state index in [2.05, 4.69) is 91.6 Å². The van der Waals surface area contributed by atoms with Crippen molar-refractivity contribution in [1.29, 1.82) is 0 Å². The molecule has 1 radical (unpaired) electrons. The van der Waals surface area contributed by atoms with E-state index in [4.69, 9.17) is 9.40 Å². The number of para-hydroxylation sites is 2. The van der Waals surface area contributed by atoms with Crippen molar-refractivity contribution in [2.24, 2.45) is 0 Å². The third kappa shape index (κ3) is 5.48. The Labute approximate surface area is 264 Å². The van der Waals surface area contributed by atoms with Crippen molar-refractivity contribution >= 4 is 43.6 Å². The van der Waals surface area contributed by atoms with Gasteiger partial charge >= 0.3 is 0 Å². The number of fused-ring (bicyclic) bond motifs is 6. The molecule has 0 atom stereocenters. The summed E-state index contributed by atoms with van der Waals surface area (Å²) in [6.07, 6.45) is 1.79. The van der Waals surface area contributed by atoms with Crippen LogP contribution < -0.4 is 0 Å². The second-order valence-corrected chi connectivity index (χ2v) is 10.6. The molecule has 3 heterocycles. The normalized spacial score (nSPS) is 11.0. The van der Waals surface area contributed by atoms with Crippen molar-refractivity contribution in [3.63, 3.8) is 0 Å². The molecular weight excluding hydrogens is 705 g/mol. The van der Waals surface area contributed by atoms with Gasteiger partial charge in [-0.2, -0.15) is 0 Å². The van der Waals surface area contributed by atoms with Crippen molar-refractivity contribution < 1.29 is 24.5 Å². The van der Waals surface area contributed by atoms with Gasteiger partial charge in [0.25, 0.3) is 0 Å². The molecule has 5 aromatic carbocycles. The molecule has 0 bridgehead atoms. The van der Waals surface area contributed by atoms with E-state index in [0.717, 1.165) is 60.7 Å².